The van der Waals surface area contributed by atoms with Gasteiger partial charge in [0.05, 0.1) is 12.5 Å². The highest BCUT2D eigenvalue weighted by atomic mass is 16.5. The van der Waals surface area contributed by atoms with Crippen LogP contribution in [0.25, 0.3) is 0 Å². The maximum Gasteiger partial charge on any atom is 0.263 e. The topological polar surface area (TPSA) is 76.6 Å². The van der Waals surface area contributed by atoms with Crippen LogP contribution in [0.4, 0.5) is 5.82 Å². The Kier molecular flexibility index (Phi) is 7.17. The lowest BCUT2D eigenvalue weighted by Gasteiger charge is -2.33. The summed E-state index contributed by atoms with van der Waals surface area (Å²) in [5, 5.41) is 3.08. The van der Waals surface area contributed by atoms with E-state index < -0.39 is 0 Å². The summed E-state index contributed by atoms with van der Waals surface area (Å²) >= 11 is 0. The molecule has 166 valence electrons. The normalized spacial score (nSPS) is 15.8. The van der Waals surface area contributed by atoms with Crippen molar-refractivity contribution in [1.29, 1.82) is 0 Å². The number of piperidine rings is 1. The molecule has 0 radical (unpaired) electrons. The van der Waals surface area contributed by atoms with Gasteiger partial charge in [0.1, 0.15) is 11.5 Å². The molecular weight excluding hydrogens is 404 g/mol. The Labute approximate surface area is 188 Å². The van der Waals surface area contributed by atoms with Crippen molar-refractivity contribution in [3.05, 3.63) is 72.6 Å². The molecule has 1 N–H and O–H groups in total. The predicted octanol–water partition coefficient (Wildman–Crippen LogP) is 4.20. The van der Waals surface area contributed by atoms with Gasteiger partial charge in [-0.2, -0.15) is 0 Å². The van der Waals surface area contributed by atoms with Crippen molar-refractivity contribution in [3.8, 4) is 17.4 Å². The van der Waals surface area contributed by atoms with Crippen molar-refractivity contribution < 1.29 is 14.3 Å². The van der Waals surface area contributed by atoms with Crippen LogP contribution < -0.4 is 19.7 Å². The molecule has 0 bridgehead atoms. The molecule has 1 aromatic heterocycles. The molecular formula is C25H28N4O3. The highest BCUT2D eigenvalue weighted by Gasteiger charge is 2.28. The van der Waals surface area contributed by atoms with E-state index in [1.807, 2.05) is 61.5 Å². The molecule has 1 aliphatic rings. The number of para-hydroxylation sites is 2. The number of nitrogens with zero attached hydrogens (tertiary/aromatic N) is 3. The van der Waals surface area contributed by atoms with Gasteiger partial charge in [0.15, 0.2) is 5.82 Å². The summed E-state index contributed by atoms with van der Waals surface area (Å²) in [6.07, 6.45) is 5.01. The minimum atomic E-state index is -0.130. The number of aromatic nitrogens is 2. The zero-order chi connectivity index (χ0) is 22.2. The van der Waals surface area contributed by atoms with Crippen LogP contribution in [0.5, 0.6) is 17.4 Å². The second-order valence-electron chi connectivity index (χ2n) is 7.64. The number of carbonyl (C=O) groups is 1. The fraction of sp³-hybridized carbons (Fsp3) is 0.320. The van der Waals surface area contributed by atoms with Gasteiger partial charge in [0.25, 0.3) is 5.88 Å². The van der Waals surface area contributed by atoms with Gasteiger partial charge in [-0.1, -0.05) is 36.4 Å². The number of amides is 1. The van der Waals surface area contributed by atoms with Gasteiger partial charge in [0.2, 0.25) is 5.91 Å². The van der Waals surface area contributed by atoms with Crippen LogP contribution in [-0.2, 0) is 11.3 Å². The van der Waals surface area contributed by atoms with Gasteiger partial charge in [-0.25, -0.2) is 9.97 Å². The van der Waals surface area contributed by atoms with Crippen LogP contribution >= 0.6 is 0 Å². The lowest BCUT2D eigenvalue weighted by Crippen LogP contribution is -2.43. The number of hydrogen-bond donors (Lipinski definition) is 1. The van der Waals surface area contributed by atoms with Crippen molar-refractivity contribution >= 4 is 11.7 Å². The first-order chi connectivity index (χ1) is 15.7. The Morgan fingerprint density at radius 3 is 2.72 bits per heavy atom. The number of rotatable bonds is 8. The van der Waals surface area contributed by atoms with Crippen LogP contribution in [0.15, 0.2) is 67.0 Å². The van der Waals surface area contributed by atoms with Gasteiger partial charge in [-0.3, -0.25) is 4.79 Å². The number of nitrogens with one attached hydrogen (secondary N) is 1. The minimum Gasteiger partial charge on any atom is -0.494 e. The Hall–Kier alpha value is -3.61. The zero-order valence-corrected chi connectivity index (χ0v) is 18.2. The second-order valence-corrected chi connectivity index (χ2v) is 7.64. The molecule has 7 heteroatoms. The monoisotopic (exact) mass is 432 g/mol. The first-order valence-electron chi connectivity index (χ1n) is 11.0. The third kappa shape index (κ3) is 5.35. The van der Waals surface area contributed by atoms with Crippen molar-refractivity contribution in [1.82, 2.24) is 15.3 Å². The molecule has 1 atom stereocenters. The van der Waals surface area contributed by atoms with Crippen molar-refractivity contribution in [2.75, 3.05) is 24.6 Å². The molecule has 0 aliphatic carbocycles. The van der Waals surface area contributed by atoms with E-state index in [2.05, 4.69) is 20.2 Å². The minimum absolute atomic E-state index is 0.0374. The van der Waals surface area contributed by atoms with Crippen LogP contribution in [0, 0.1) is 5.92 Å². The van der Waals surface area contributed by atoms with Crippen LogP contribution in [0.1, 0.15) is 25.3 Å². The van der Waals surface area contributed by atoms with E-state index in [-0.39, 0.29) is 11.8 Å². The van der Waals surface area contributed by atoms with E-state index in [0.29, 0.717) is 37.1 Å². The number of ether oxygens (including phenoxy) is 2. The second kappa shape index (κ2) is 10.6. The molecule has 2 heterocycles. The predicted molar refractivity (Wildman–Crippen MR) is 123 cm³/mol. The van der Waals surface area contributed by atoms with Crippen molar-refractivity contribution in [2.24, 2.45) is 5.92 Å². The average Bonchev–Trinajstić information content (AvgIpc) is 2.84. The summed E-state index contributed by atoms with van der Waals surface area (Å²) in [5.74, 6) is 2.53. The summed E-state index contributed by atoms with van der Waals surface area (Å²) in [7, 11) is 0. The number of benzene rings is 2. The Morgan fingerprint density at radius 1 is 1.09 bits per heavy atom. The molecule has 0 spiro atoms. The molecule has 1 aliphatic heterocycles. The third-order valence-electron chi connectivity index (χ3n) is 5.42. The quantitative estimate of drug-likeness (QED) is 0.575. The van der Waals surface area contributed by atoms with Gasteiger partial charge >= 0.3 is 0 Å². The first-order valence-corrected chi connectivity index (χ1v) is 11.0. The summed E-state index contributed by atoms with van der Waals surface area (Å²) in [6.45, 7) is 4.37. The summed E-state index contributed by atoms with van der Waals surface area (Å²) in [6, 6.07) is 17.3. The summed E-state index contributed by atoms with van der Waals surface area (Å²) < 4.78 is 11.6. The van der Waals surface area contributed by atoms with Crippen molar-refractivity contribution in [3.63, 3.8) is 0 Å². The lowest BCUT2D eigenvalue weighted by molar-refractivity contribution is -0.125. The fourth-order valence-electron chi connectivity index (χ4n) is 3.86. The molecule has 32 heavy (non-hydrogen) atoms. The van der Waals surface area contributed by atoms with E-state index in [4.69, 9.17) is 9.47 Å². The summed E-state index contributed by atoms with van der Waals surface area (Å²) in [5.41, 5.74) is 0.975. The zero-order valence-electron chi connectivity index (χ0n) is 18.2. The maximum absolute atomic E-state index is 12.9. The molecule has 1 fully saturated rings. The summed E-state index contributed by atoms with van der Waals surface area (Å²) in [4.78, 5) is 23.9. The van der Waals surface area contributed by atoms with Gasteiger partial charge in [-0.05, 0) is 38.0 Å². The Morgan fingerprint density at radius 2 is 1.88 bits per heavy atom. The Bertz CT molecular complexity index is 1030. The molecule has 1 amide bonds. The Balaban J connectivity index is 1.41. The van der Waals surface area contributed by atoms with E-state index in [1.165, 1.54) is 0 Å². The standard InChI is InChI=1S/C25H28N4O3/c1-2-31-22-13-7-6-9-19(22)17-28-24(30)20-10-8-16-29(18-20)23-25(27-15-14-26-23)32-21-11-4-3-5-12-21/h3-7,9,11-15,20H,2,8,10,16-18H2,1H3,(H,28,30). The SMILES string of the molecule is CCOc1ccccc1CNC(=O)C1CCCN(c2nccnc2Oc2ccccc2)C1. The molecule has 0 saturated carbocycles. The van der Waals surface area contributed by atoms with E-state index in [9.17, 15) is 4.79 Å². The van der Waals surface area contributed by atoms with Crippen LogP contribution in [-0.4, -0.2) is 35.6 Å². The van der Waals surface area contributed by atoms with Crippen molar-refractivity contribution in [2.45, 2.75) is 26.3 Å². The fourth-order valence-corrected chi connectivity index (χ4v) is 3.86. The number of hydrogen-bond acceptors (Lipinski definition) is 6. The molecule has 1 saturated heterocycles. The van der Waals surface area contributed by atoms with Crippen LogP contribution in [0.2, 0.25) is 0 Å². The van der Waals surface area contributed by atoms with E-state index >= 15 is 0 Å². The molecule has 7 nitrogen and oxygen atoms in total. The lowest BCUT2D eigenvalue weighted by atomic mass is 9.97. The van der Waals surface area contributed by atoms with E-state index in [1.54, 1.807) is 12.4 Å². The van der Waals surface area contributed by atoms with Gasteiger partial charge in [-0.15, -0.1) is 0 Å². The maximum atomic E-state index is 12.9. The highest BCUT2D eigenvalue weighted by molar-refractivity contribution is 5.79. The molecule has 4 rings (SSSR count). The third-order valence-corrected chi connectivity index (χ3v) is 5.42. The van der Waals surface area contributed by atoms with Gasteiger partial charge < -0.3 is 19.7 Å². The number of carbonyl (C=O) groups excluding carboxylic acids is 1. The largest absolute Gasteiger partial charge is 0.494 e. The van der Waals surface area contributed by atoms with Crippen LogP contribution in [0.3, 0.4) is 0 Å². The smallest absolute Gasteiger partial charge is 0.263 e. The molecule has 2 aromatic carbocycles. The van der Waals surface area contributed by atoms with E-state index in [0.717, 1.165) is 30.7 Å². The average molecular weight is 433 g/mol. The first kappa shape index (κ1) is 21.6. The molecule has 1 unspecified atom stereocenters. The van der Waals surface area contributed by atoms with Gasteiger partial charge in [0, 0.05) is 37.6 Å². The molecule has 3 aromatic rings. The highest BCUT2D eigenvalue weighted by Crippen LogP contribution is 2.31. The number of anilines is 1.